The van der Waals surface area contributed by atoms with Gasteiger partial charge in [0.15, 0.2) is 0 Å². The summed E-state index contributed by atoms with van der Waals surface area (Å²) in [5.41, 5.74) is 3.14. The van der Waals surface area contributed by atoms with Crippen LogP contribution in [-0.4, -0.2) is 16.3 Å². The molecule has 1 heterocycles. The quantitative estimate of drug-likeness (QED) is 0.880. The minimum absolute atomic E-state index is 0.320. The van der Waals surface area contributed by atoms with Crippen LogP contribution in [-0.2, 0) is 13.1 Å². The Morgan fingerprint density at radius 3 is 2.76 bits per heavy atom. The average Bonchev–Trinajstić information content (AvgIpc) is 2.74. The number of hydrogen-bond acceptors (Lipinski definition) is 2. The number of aromatic nitrogens is 2. The maximum absolute atomic E-state index is 13.1. The van der Waals surface area contributed by atoms with Gasteiger partial charge < -0.3 is 5.32 Å². The second kappa shape index (κ2) is 7.05. The summed E-state index contributed by atoms with van der Waals surface area (Å²) >= 11 is 6.06. The zero-order valence-corrected chi connectivity index (χ0v) is 13.4. The van der Waals surface area contributed by atoms with E-state index < -0.39 is 0 Å². The molecular formula is C16H21ClFN3. The zero-order valence-electron chi connectivity index (χ0n) is 12.7. The summed E-state index contributed by atoms with van der Waals surface area (Å²) < 4.78 is 15.0. The van der Waals surface area contributed by atoms with Crippen LogP contribution in [0, 0.1) is 18.7 Å². The molecule has 2 rings (SSSR count). The van der Waals surface area contributed by atoms with Crippen molar-refractivity contribution in [2.45, 2.75) is 33.9 Å². The molecular weight excluding hydrogens is 289 g/mol. The van der Waals surface area contributed by atoms with Gasteiger partial charge in [-0.05, 0) is 37.1 Å². The molecule has 0 bridgehead atoms. The molecule has 0 amide bonds. The fourth-order valence-corrected chi connectivity index (χ4v) is 2.35. The van der Waals surface area contributed by atoms with E-state index in [-0.39, 0.29) is 5.82 Å². The molecule has 0 spiro atoms. The highest BCUT2D eigenvalue weighted by atomic mass is 35.5. The predicted molar refractivity (Wildman–Crippen MR) is 84.0 cm³/mol. The van der Waals surface area contributed by atoms with Gasteiger partial charge in [0.1, 0.15) is 5.82 Å². The van der Waals surface area contributed by atoms with E-state index in [9.17, 15) is 4.39 Å². The Kier molecular flexibility index (Phi) is 5.37. The van der Waals surface area contributed by atoms with Gasteiger partial charge in [-0.1, -0.05) is 31.5 Å². The highest BCUT2D eigenvalue weighted by Gasteiger charge is 2.09. The van der Waals surface area contributed by atoms with Crippen LogP contribution in [0.5, 0.6) is 0 Å². The summed E-state index contributed by atoms with van der Waals surface area (Å²) in [6.07, 6.45) is 1.88. The minimum Gasteiger partial charge on any atom is -0.312 e. The van der Waals surface area contributed by atoms with Gasteiger partial charge in [-0.3, -0.25) is 4.68 Å². The lowest BCUT2D eigenvalue weighted by Gasteiger charge is -2.09. The summed E-state index contributed by atoms with van der Waals surface area (Å²) in [7, 11) is 0. The van der Waals surface area contributed by atoms with Gasteiger partial charge in [0.25, 0.3) is 0 Å². The van der Waals surface area contributed by atoms with E-state index in [1.807, 2.05) is 17.8 Å². The highest BCUT2D eigenvalue weighted by molar-refractivity contribution is 6.31. The third-order valence-electron chi connectivity index (χ3n) is 3.41. The Bertz CT molecular complexity index is 608. The molecule has 1 aromatic carbocycles. The van der Waals surface area contributed by atoms with Gasteiger partial charge in [0.2, 0.25) is 0 Å². The van der Waals surface area contributed by atoms with Crippen LogP contribution >= 0.6 is 11.6 Å². The van der Waals surface area contributed by atoms with Crippen LogP contribution in [0.2, 0.25) is 5.02 Å². The van der Waals surface area contributed by atoms with Crippen LogP contribution in [0.25, 0.3) is 0 Å². The third kappa shape index (κ3) is 4.29. The molecule has 0 unspecified atom stereocenters. The van der Waals surface area contributed by atoms with Crippen LogP contribution in [0.4, 0.5) is 4.39 Å². The minimum atomic E-state index is -0.320. The Morgan fingerprint density at radius 2 is 2.10 bits per heavy atom. The van der Waals surface area contributed by atoms with Crippen LogP contribution in [0.15, 0.2) is 24.4 Å². The molecule has 0 atom stereocenters. The second-order valence-corrected chi connectivity index (χ2v) is 6.08. The van der Waals surface area contributed by atoms with E-state index in [0.717, 1.165) is 24.3 Å². The predicted octanol–water partition coefficient (Wildman–Crippen LogP) is 3.78. The summed E-state index contributed by atoms with van der Waals surface area (Å²) in [5.74, 6) is 0.304. The summed E-state index contributed by atoms with van der Waals surface area (Å²) in [4.78, 5) is 0. The molecule has 1 aromatic heterocycles. The molecule has 0 aliphatic heterocycles. The van der Waals surface area contributed by atoms with E-state index in [1.165, 1.54) is 17.7 Å². The fourth-order valence-electron chi connectivity index (χ4n) is 2.12. The van der Waals surface area contributed by atoms with Gasteiger partial charge in [0, 0.05) is 22.8 Å². The first kappa shape index (κ1) is 16.0. The lowest BCUT2D eigenvalue weighted by Crippen LogP contribution is -2.19. The van der Waals surface area contributed by atoms with E-state index in [2.05, 4.69) is 24.3 Å². The Morgan fingerprint density at radius 1 is 1.33 bits per heavy atom. The molecule has 5 heteroatoms. The first-order valence-corrected chi connectivity index (χ1v) is 7.51. The normalized spacial score (nSPS) is 11.3. The topological polar surface area (TPSA) is 29.9 Å². The molecule has 2 aromatic rings. The van der Waals surface area contributed by atoms with Crippen LogP contribution in [0.1, 0.15) is 30.7 Å². The monoisotopic (exact) mass is 309 g/mol. The van der Waals surface area contributed by atoms with Crippen molar-refractivity contribution < 1.29 is 4.39 Å². The fraction of sp³-hybridized carbons (Fsp3) is 0.438. The van der Waals surface area contributed by atoms with Crippen molar-refractivity contribution in [3.63, 3.8) is 0 Å². The molecule has 0 aliphatic rings. The van der Waals surface area contributed by atoms with Crippen molar-refractivity contribution in [1.29, 1.82) is 0 Å². The highest BCUT2D eigenvalue weighted by Crippen LogP contribution is 2.19. The van der Waals surface area contributed by atoms with Gasteiger partial charge in [-0.15, -0.1) is 0 Å². The summed E-state index contributed by atoms with van der Waals surface area (Å²) in [6.45, 7) is 8.74. The first-order chi connectivity index (χ1) is 9.97. The Balaban J connectivity index is 2.06. The number of benzene rings is 1. The zero-order chi connectivity index (χ0) is 15.4. The molecule has 114 valence electrons. The summed E-state index contributed by atoms with van der Waals surface area (Å²) in [5, 5.41) is 8.24. The third-order valence-corrected chi connectivity index (χ3v) is 3.76. The average molecular weight is 310 g/mol. The number of halogens is 2. The second-order valence-electron chi connectivity index (χ2n) is 5.67. The largest absolute Gasteiger partial charge is 0.312 e. The van der Waals surface area contributed by atoms with Crippen molar-refractivity contribution in [2.24, 2.45) is 5.92 Å². The molecule has 0 radical (unpaired) electrons. The molecule has 3 nitrogen and oxygen atoms in total. The maximum Gasteiger partial charge on any atom is 0.124 e. The van der Waals surface area contributed by atoms with Gasteiger partial charge in [-0.2, -0.15) is 5.10 Å². The standard InChI is InChI=1S/C16H21ClFN3/c1-11(2)7-19-8-14-9-20-21(12(14)3)10-13-4-5-15(18)6-16(13)17/h4-6,9,11,19H,7-8,10H2,1-3H3. The van der Waals surface area contributed by atoms with Gasteiger partial charge >= 0.3 is 0 Å². The molecule has 0 saturated heterocycles. The van der Waals surface area contributed by atoms with Gasteiger partial charge in [0.05, 0.1) is 12.7 Å². The Hall–Kier alpha value is -1.39. The van der Waals surface area contributed by atoms with Crippen molar-refractivity contribution in [3.05, 3.63) is 52.1 Å². The molecule has 0 aliphatic carbocycles. The number of hydrogen-bond donors (Lipinski definition) is 1. The van der Waals surface area contributed by atoms with Gasteiger partial charge in [-0.25, -0.2) is 4.39 Å². The first-order valence-electron chi connectivity index (χ1n) is 7.13. The van der Waals surface area contributed by atoms with Crippen LogP contribution < -0.4 is 5.32 Å². The molecule has 0 fully saturated rings. The maximum atomic E-state index is 13.1. The lowest BCUT2D eigenvalue weighted by molar-refractivity contribution is 0.550. The van der Waals surface area contributed by atoms with Crippen molar-refractivity contribution in [1.82, 2.24) is 15.1 Å². The lowest BCUT2D eigenvalue weighted by atomic mass is 10.2. The molecule has 1 N–H and O–H groups in total. The van der Waals surface area contributed by atoms with Crippen LogP contribution in [0.3, 0.4) is 0 Å². The smallest absolute Gasteiger partial charge is 0.124 e. The van der Waals surface area contributed by atoms with E-state index in [4.69, 9.17) is 11.6 Å². The number of rotatable bonds is 6. The SMILES string of the molecule is Cc1c(CNCC(C)C)cnn1Cc1ccc(F)cc1Cl. The molecule has 21 heavy (non-hydrogen) atoms. The molecule has 0 saturated carbocycles. The van der Waals surface area contributed by atoms with Crippen molar-refractivity contribution >= 4 is 11.6 Å². The number of nitrogens with zero attached hydrogens (tertiary/aromatic N) is 2. The van der Waals surface area contributed by atoms with E-state index >= 15 is 0 Å². The Labute approximate surface area is 130 Å². The van der Waals surface area contributed by atoms with E-state index in [1.54, 1.807) is 6.07 Å². The summed E-state index contributed by atoms with van der Waals surface area (Å²) in [6, 6.07) is 4.46. The van der Waals surface area contributed by atoms with E-state index in [0.29, 0.717) is 17.5 Å². The van der Waals surface area contributed by atoms with Crippen molar-refractivity contribution in [3.8, 4) is 0 Å². The number of nitrogens with one attached hydrogen (secondary N) is 1. The van der Waals surface area contributed by atoms with Crippen molar-refractivity contribution in [2.75, 3.05) is 6.54 Å².